The highest BCUT2D eigenvalue weighted by atomic mass is 79.9. The first kappa shape index (κ1) is 22.4. The molecule has 0 unspecified atom stereocenters. The van der Waals surface area contributed by atoms with Gasteiger partial charge in [-0.25, -0.2) is 0 Å². The molecular weight excluding hydrogens is 460 g/mol. The van der Waals surface area contributed by atoms with Crippen LogP contribution in [0.15, 0.2) is 65.1 Å². The maximum Gasteiger partial charge on any atom is 0.162 e. The van der Waals surface area contributed by atoms with Gasteiger partial charge in [0, 0.05) is 15.6 Å². The Bertz CT molecular complexity index is 1080. The van der Waals surface area contributed by atoms with E-state index in [-0.39, 0.29) is 0 Å². The molecule has 0 saturated carbocycles. The Labute approximate surface area is 190 Å². The first-order valence-corrected chi connectivity index (χ1v) is 10.3. The molecule has 160 valence electrons. The van der Waals surface area contributed by atoms with Crippen LogP contribution in [-0.2, 0) is 11.4 Å². The van der Waals surface area contributed by atoms with Gasteiger partial charge in [0.05, 0.1) is 21.3 Å². The fraction of sp³-hybridized carbons (Fsp3) is 0.160. The van der Waals surface area contributed by atoms with Gasteiger partial charge in [-0.3, -0.25) is 4.79 Å². The minimum Gasteiger partial charge on any atom is -0.493 e. The second-order valence-corrected chi connectivity index (χ2v) is 7.44. The Morgan fingerprint density at radius 3 is 2.16 bits per heavy atom. The first-order valence-electron chi connectivity index (χ1n) is 9.53. The van der Waals surface area contributed by atoms with Gasteiger partial charge in [0.2, 0.25) is 0 Å². The molecule has 0 aromatic heterocycles. The highest BCUT2D eigenvalue weighted by Crippen LogP contribution is 2.37. The topological polar surface area (TPSA) is 54.0 Å². The number of methoxy groups -OCH3 is 3. The van der Waals surface area contributed by atoms with E-state index >= 15 is 0 Å². The van der Waals surface area contributed by atoms with Crippen LogP contribution in [-0.4, -0.2) is 27.6 Å². The Hall–Kier alpha value is -3.25. The van der Waals surface area contributed by atoms with E-state index in [2.05, 4.69) is 15.9 Å². The molecule has 3 aromatic rings. The molecule has 0 heterocycles. The van der Waals surface area contributed by atoms with Gasteiger partial charge in [-0.1, -0.05) is 52.3 Å². The second kappa shape index (κ2) is 10.7. The summed E-state index contributed by atoms with van der Waals surface area (Å²) in [4.78, 5) is 11.9. The SMILES string of the molecule is COc1ccc(/C=C(\C=O)c2cc(OC)c(OCc3ccccc3)cc2Br)cc1OC. The monoisotopic (exact) mass is 482 g/mol. The molecule has 0 aliphatic carbocycles. The fourth-order valence-corrected chi connectivity index (χ4v) is 3.61. The quantitative estimate of drug-likeness (QED) is 0.219. The molecule has 0 radical (unpaired) electrons. The highest BCUT2D eigenvalue weighted by molar-refractivity contribution is 9.10. The Morgan fingerprint density at radius 1 is 0.839 bits per heavy atom. The number of aldehydes is 1. The molecule has 3 rings (SSSR count). The summed E-state index contributed by atoms with van der Waals surface area (Å²) in [5.74, 6) is 2.32. The van der Waals surface area contributed by atoms with Crippen molar-refractivity contribution >= 4 is 33.9 Å². The smallest absolute Gasteiger partial charge is 0.162 e. The molecule has 0 N–H and O–H groups in total. The van der Waals surface area contributed by atoms with E-state index in [0.717, 1.165) is 21.9 Å². The van der Waals surface area contributed by atoms with E-state index in [9.17, 15) is 4.79 Å². The summed E-state index contributed by atoms with van der Waals surface area (Å²) in [7, 11) is 4.72. The molecule has 31 heavy (non-hydrogen) atoms. The molecular formula is C25H23BrO5. The molecule has 6 heteroatoms. The summed E-state index contributed by atoms with van der Waals surface area (Å²) in [6.45, 7) is 0.408. The summed E-state index contributed by atoms with van der Waals surface area (Å²) in [6.07, 6.45) is 2.58. The normalized spacial score (nSPS) is 11.0. The first-order chi connectivity index (χ1) is 15.1. The van der Waals surface area contributed by atoms with Crippen LogP contribution in [0.4, 0.5) is 0 Å². The van der Waals surface area contributed by atoms with Crippen LogP contribution in [0.5, 0.6) is 23.0 Å². The van der Waals surface area contributed by atoms with Gasteiger partial charge in [-0.15, -0.1) is 0 Å². The molecule has 0 fully saturated rings. The summed E-state index contributed by atoms with van der Waals surface area (Å²) in [6, 6.07) is 18.9. The molecule has 0 atom stereocenters. The van der Waals surface area contributed by atoms with E-state index in [1.807, 2.05) is 48.5 Å². The van der Waals surface area contributed by atoms with Crippen molar-refractivity contribution in [3.63, 3.8) is 0 Å². The summed E-state index contributed by atoms with van der Waals surface area (Å²) in [5, 5.41) is 0. The minimum atomic E-state index is 0.408. The van der Waals surface area contributed by atoms with E-state index < -0.39 is 0 Å². The number of hydrogen-bond acceptors (Lipinski definition) is 5. The molecule has 0 bridgehead atoms. The number of carbonyl (C=O) groups is 1. The average molecular weight is 483 g/mol. The molecule has 3 aromatic carbocycles. The Morgan fingerprint density at radius 2 is 1.52 bits per heavy atom. The third kappa shape index (κ3) is 5.47. The lowest BCUT2D eigenvalue weighted by atomic mass is 10.0. The number of hydrogen-bond donors (Lipinski definition) is 0. The number of benzene rings is 3. The Kier molecular flexibility index (Phi) is 7.73. The maximum atomic E-state index is 11.9. The minimum absolute atomic E-state index is 0.408. The van der Waals surface area contributed by atoms with Gasteiger partial charge >= 0.3 is 0 Å². The third-order valence-corrected chi connectivity index (χ3v) is 5.31. The highest BCUT2D eigenvalue weighted by Gasteiger charge is 2.14. The summed E-state index contributed by atoms with van der Waals surface area (Å²) < 4.78 is 22.8. The largest absolute Gasteiger partial charge is 0.493 e. The lowest BCUT2D eigenvalue weighted by Gasteiger charge is -2.14. The Balaban J connectivity index is 1.93. The van der Waals surface area contributed by atoms with Gasteiger partial charge in [-0.05, 0) is 41.5 Å². The van der Waals surface area contributed by atoms with Crippen molar-refractivity contribution in [3.8, 4) is 23.0 Å². The number of halogens is 1. The van der Waals surface area contributed by atoms with Crippen LogP contribution in [0.1, 0.15) is 16.7 Å². The molecule has 5 nitrogen and oxygen atoms in total. The van der Waals surface area contributed by atoms with Gasteiger partial charge < -0.3 is 18.9 Å². The summed E-state index contributed by atoms with van der Waals surface area (Å²) in [5.41, 5.74) is 3.02. The molecule has 0 aliphatic rings. The zero-order chi connectivity index (χ0) is 22.2. The average Bonchev–Trinajstić information content (AvgIpc) is 2.82. The van der Waals surface area contributed by atoms with E-state index in [1.165, 1.54) is 0 Å². The molecule has 0 amide bonds. The standard InChI is InChI=1S/C25H23BrO5/c1-28-22-10-9-18(12-23(22)29-2)11-19(15-27)20-13-24(30-3)25(14-21(20)26)31-16-17-7-5-4-6-8-17/h4-15H,16H2,1-3H3/b19-11+. The van der Waals surface area contributed by atoms with E-state index in [0.29, 0.717) is 40.7 Å². The molecule has 0 aliphatic heterocycles. The molecule has 0 spiro atoms. The van der Waals surface area contributed by atoms with Crippen LogP contribution in [0.25, 0.3) is 11.6 Å². The zero-order valence-electron chi connectivity index (χ0n) is 17.6. The lowest BCUT2D eigenvalue weighted by molar-refractivity contribution is -0.103. The maximum absolute atomic E-state index is 11.9. The van der Waals surface area contributed by atoms with Crippen LogP contribution in [0, 0.1) is 0 Å². The molecule has 0 saturated heterocycles. The van der Waals surface area contributed by atoms with Crippen molar-refractivity contribution in [2.75, 3.05) is 21.3 Å². The van der Waals surface area contributed by atoms with E-state index in [4.69, 9.17) is 18.9 Å². The van der Waals surface area contributed by atoms with Crippen LogP contribution < -0.4 is 18.9 Å². The zero-order valence-corrected chi connectivity index (χ0v) is 19.1. The second-order valence-electron chi connectivity index (χ2n) is 6.59. The number of carbonyl (C=O) groups excluding carboxylic acids is 1. The summed E-state index contributed by atoms with van der Waals surface area (Å²) >= 11 is 3.56. The van der Waals surface area contributed by atoms with Crippen LogP contribution in [0.3, 0.4) is 0 Å². The predicted molar refractivity (Wildman–Crippen MR) is 125 cm³/mol. The van der Waals surface area contributed by atoms with Crippen molar-refractivity contribution in [1.29, 1.82) is 0 Å². The third-order valence-electron chi connectivity index (χ3n) is 4.66. The van der Waals surface area contributed by atoms with Gasteiger partial charge in [0.1, 0.15) is 6.61 Å². The fourth-order valence-electron chi connectivity index (χ4n) is 3.06. The van der Waals surface area contributed by atoms with Gasteiger partial charge in [-0.2, -0.15) is 0 Å². The van der Waals surface area contributed by atoms with E-state index in [1.54, 1.807) is 39.5 Å². The van der Waals surface area contributed by atoms with Gasteiger partial charge in [0.25, 0.3) is 0 Å². The predicted octanol–water partition coefficient (Wildman–Crippen LogP) is 5.79. The van der Waals surface area contributed by atoms with Crippen molar-refractivity contribution in [2.45, 2.75) is 6.61 Å². The van der Waals surface area contributed by atoms with Crippen molar-refractivity contribution < 1.29 is 23.7 Å². The van der Waals surface area contributed by atoms with Crippen LogP contribution >= 0.6 is 15.9 Å². The number of ether oxygens (including phenoxy) is 4. The number of rotatable bonds is 9. The van der Waals surface area contributed by atoms with Crippen molar-refractivity contribution in [3.05, 3.63) is 81.8 Å². The van der Waals surface area contributed by atoms with Crippen LogP contribution in [0.2, 0.25) is 0 Å². The lowest BCUT2D eigenvalue weighted by Crippen LogP contribution is -1.99. The van der Waals surface area contributed by atoms with Crippen molar-refractivity contribution in [2.24, 2.45) is 0 Å². The van der Waals surface area contributed by atoms with Gasteiger partial charge in [0.15, 0.2) is 29.3 Å². The van der Waals surface area contributed by atoms with Crippen molar-refractivity contribution in [1.82, 2.24) is 0 Å². The number of allylic oxidation sites excluding steroid dienone is 1.